The molecule has 0 spiro atoms. The zero-order chi connectivity index (χ0) is 15.8. The molecule has 1 aliphatic heterocycles. The number of rotatable bonds is 6. The van der Waals surface area contributed by atoms with Gasteiger partial charge in [0.2, 0.25) is 5.91 Å². The van der Waals surface area contributed by atoms with Crippen LogP contribution in [-0.2, 0) is 9.59 Å². The predicted octanol–water partition coefficient (Wildman–Crippen LogP) is 0.940. The summed E-state index contributed by atoms with van der Waals surface area (Å²) in [5, 5.41) is 13.6. The van der Waals surface area contributed by atoms with Crippen molar-refractivity contribution in [3.8, 4) is 0 Å². The molecule has 3 N–H and O–H groups in total. The SMILES string of the molecule is CC1CC(NC(=O)NC(=O)CCCCC(=O)O)CCN1C. The van der Waals surface area contributed by atoms with Crippen molar-refractivity contribution in [3.05, 3.63) is 0 Å². The van der Waals surface area contributed by atoms with Gasteiger partial charge < -0.3 is 15.3 Å². The number of unbranched alkanes of at least 4 members (excludes halogenated alkanes) is 1. The maximum absolute atomic E-state index is 11.7. The van der Waals surface area contributed by atoms with E-state index in [1.54, 1.807) is 0 Å². The third-order valence-electron chi connectivity index (χ3n) is 3.84. The standard InChI is InChI=1S/C14H25N3O4/c1-10-9-11(7-8-17(10)2)15-14(21)16-12(18)5-3-4-6-13(19)20/h10-11H,3-9H2,1-2H3,(H,19,20)(H2,15,16,18,21). The van der Waals surface area contributed by atoms with Crippen LogP contribution in [0.3, 0.4) is 0 Å². The van der Waals surface area contributed by atoms with E-state index in [0.717, 1.165) is 19.4 Å². The largest absolute Gasteiger partial charge is 0.481 e. The normalized spacial score (nSPS) is 22.6. The molecule has 7 heteroatoms. The van der Waals surface area contributed by atoms with Crippen LogP contribution in [0.15, 0.2) is 0 Å². The molecule has 2 unspecified atom stereocenters. The highest BCUT2D eigenvalue weighted by molar-refractivity contribution is 5.94. The number of aliphatic carboxylic acids is 1. The first-order valence-electron chi connectivity index (χ1n) is 7.41. The Bertz CT molecular complexity index is 386. The van der Waals surface area contributed by atoms with E-state index in [0.29, 0.717) is 18.9 Å². The number of amides is 3. The van der Waals surface area contributed by atoms with Crippen molar-refractivity contribution in [2.75, 3.05) is 13.6 Å². The third kappa shape index (κ3) is 7.08. The van der Waals surface area contributed by atoms with Gasteiger partial charge in [-0.15, -0.1) is 0 Å². The monoisotopic (exact) mass is 299 g/mol. The van der Waals surface area contributed by atoms with E-state index in [-0.39, 0.29) is 24.8 Å². The first-order valence-corrected chi connectivity index (χ1v) is 7.41. The van der Waals surface area contributed by atoms with Crippen molar-refractivity contribution >= 4 is 17.9 Å². The van der Waals surface area contributed by atoms with E-state index in [4.69, 9.17) is 5.11 Å². The van der Waals surface area contributed by atoms with Gasteiger partial charge in [-0.2, -0.15) is 0 Å². The minimum absolute atomic E-state index is 0.0486. The molecule has 0 aliphatic carbocycles. The van der Waals surface area contributed by atoms with Crippen molar-refractivity contribution in [2.45, 2.75) is 57.5 Å². The lowest BCUT2D eigenvalue weighted by Gasteiger charge is -2.35. The Balaban J connectivity index is 2.18. The number of likely N-dealkylation sites (tertiary alicyclic amines) is 1. The lowest BCUT2D eigenvalue weighted by Crippen LogP contribution is -2.50. The fourth-order valence-electron chi connectivity index (χ4n) is 2.39. The smallest absolute Gasteiger partial charge is 0.321 e. The van der Waals surface area contributed by atoms with Gasteiger partial charge in [-0.05, 0) is 39.7 Å². The fourth-order valence-corrected chi connectivity index (χ4v) is 2.39. The summed E-state index contributed by atoms with van der Waals surface area (Å²) in [6, 6.07) is 0.0479. The van der Waals surface area contributed by atoms with Crippen LogP contribution in [0.4, 0.5) is 4.79 Å². The van der Waals surface area contributed by atoms with Crippen LogP contribution < -0.4 is 10.6 Å². The molecular weight excluding hydrogens is 274 g/mol. The molecule has 1 fully saturated rings. The molecule has 2 atom stereocenters. The summed E-state index contributed by atoms with van der Waals surface area (Å²) >= 11 is 0. The molecule has 1 aliphatic rings. The number of nitrogens with one attached hydrogen (secondary N) is 2. The van der Waals surface area contributed by atoms with Gasteiger partial charge in [0, 0.05) is 31.5 Å². The lowest BCUT2D eigenvalue weighted by atomic mass is 9.99. The quantitative estimate of drug-likeness (QED) is 0.634. The Labute approximate surface area is 125 Å². The summed E-state index contributed by atoms with van der Waals surface area (Å²) in [7, 11) is 2.06. The average Bonchev–Trinajstić information content (AvgIpc) is 2.38. The average molecular weight is 299 g/mol. The van der Waals surface area contributed by atoms with Gasteiger partial charge in [0.15, 0.2) is 0 Å². The van der Waals surface area contributed by atoms with Gasteiger partial charge in [-0.1, -0.05) is 0 Å². The number of hydrogen-bond acceptors (Lipinski definition) is 4. The van der Waals surface area contributed by atoms with Crippen LogP contribution in [0.5, 0.6) is 0 Å². The molecule has 0 saturated carbocycles. The maximum atomic E-state index is 11.7. The highest BCUT2D eigenvalue weighted by atomic mass is 16.4. The minimum Gasteiger partial charge on any atom is -0.481 e. The van der Waals surface area contributed by atoms with Gasteiger partial charge >= 0.3 is 12.0 Å². The van der Waals surface area contributed by atoms with Crippen LogP contribution in [-0.4, -0.2) is 53.6 Å². The molecule has 7 nitrogen and oxygen atoms in total. The third-order valence-corrected chi connectivity index (χ3v) is 3.84. The van der Waals surface area contributed by atoms with Crippen LogP contribution in [0.1, 0.15) is 45.4 Å². The Morgan fingerprint density at radius 3 is 2.52 bits per heavy atom. The van der Waals surface area contributed by atoms with Crippen molar-refractivity contribution in [2.24, 2.45) is 0 Å². The van der Waals surface area contributed by atoms with Crippen LogP contribution in [0.2, 0.25) is 0 Å². The van der Waals surface area contributed by atoms with Crippen molar-refractivity contribution in [1.82, 2.24) is 15.5 Å². The Hall–Kier alpha value is -1.63. The van der Waals surface area contributed by atoms with Crippen LogP contribution >= 0.6 is 0 Å². The highest BCUT2D eigenvalue weighted by Crippen LogP contribution is 2.14. The summed E-state index contributed by atoms with van der Waals surface area (Å²) in [6.45, 7) is 3.04. The summed E-state index contributed by atoms with van der Waals surface area (Å²) in [4.78, 5) is 35.8. The highest BCUT2D eigenvalue weighted by Gasteiger charge is 2.24. The van der Waals surface area contributed by atoms with Gasteiger partial charge in [0.25, 0.3) is 0 Å². The molecule has 3 amide bonds. The van der Waals surface area contributed by atoms with E-state index in [1.165, 1.54) is 0 Å². The number of carboxylic acids is 1. The second-order valence-corrected chi connectivity index (χ2v) is 5.67. The molecule has 0 bridgehead atoms. The van der Waals surface area contributed by atoms with E-state index in [1.807, 2.05) is 0 Å². The molecule has 120 valence electrons. The Morgan fingerprint density at radius 1 is 1.24 bits per heavy atom. The number of piperidine rings is 1. The predicted molar refractivity (Wildman–Crippen MR) is 77.9 cm³/mol. The summed E-state index contributed by atoms with van der Waals surface area (Å²) in [5.41, 5.74) is 0. The topological polar surface area (TPSA) is 98.7 Å². The molecule has 1 saturated heterocycles. The summed E-state index contributed by atoms with van der Waals surface area (Å²) in [6.07, 6.45) is 2.88. The number of hydrogen-bond donors (Lipinski definition) is 3. The van der Waals surface area contributed by atoms with Crippen molar-refractivity contribution in [1.29, 1.82) is 0 Å². The molecule has 1 heterocycles. The number of urea groups is 1. The Kier molecular flexibility index (Phi) is 7.14. The number of carboxylic acid groups (broad SMARTS) is 1. The van der Waals surface area contributed by atoms with E-state index < -0.39 is 12.0 Å². The van der Waals surface area contributed by atoms with Gasteiger partial charge in [0.1, 0.15) is 0 Å². The molecular formula is C14H25N3O4. The van der Waals surface area contributed by atoms with Crippen LogP contribution in [0, 0.1) is 0 Å². The van der Waals surface area contributed by atoms with Gasteiger partial charge in [0.05, 0.1) is 0 Å². The fraction of sp³-hybridized carbons (Fsp3) is 0.786. The van der Waals surface area contributed by atoms with Crippen molar-refractivity contribution < 1.29 is 19.5 Å². The molecule has 21 heavy (non-hydrogen) atoms. The zero-order valence-electron chi connectivity index (χ0n) is 12.7. The maximum Gasteiger partial charge on any atom is 0.321 e. The van der Waals surface area contributed by atoms with E-state index >= 15 is 0 Å². The first-order chi connectivity index (χ1) is 9.88. The first kappa shape index (κ1) is 17.4. The molecule has 0 aromatic carbocycles. The second kappa shape index (κ2) is 8.61. The van der Waals surface area contributed by atoms with Gasteiger partial charge in [-0.3, -0.25) is 14.9 Å². The minimum atomic E-state index is -0.871. The molecule has 0 radical (unpaired) electrons. The van der Waals surface area contributed by atoms with Crippen molar-refractivity contribution in [3.63, 3.8) is 0 Å². The number of carbonyl (C=O) groups excluding carboxylic acids is 2. The number of carbonyl (C=O) groups is 3. The summed E-state index contributed by atoms with van der Waals surface area (Å²) < 4.78 is 0. The molecule has 0 aromatic heterocycles. The zero-order valence-corrected chi connectivity index (χ0v) is 12.7. The van der Waals surface area contributed by atoms with E-state index in [9.17, 15) is 14.4 Å². The van der Waals surface area contributed by atoms with E-state index in [2.05, 4.69) is 29.5 Å². The Morgan fingerprint density at radius 2 is 1.90 bits per heavy atom. The number of nitrogens with zero attached hydrogens (tertiary/aromatic N) is 1. The summed E-state index contributed by atoms with van der Waals surface area (Å²) in [5.74, 6) is -1.23. The van der Waals surface area contributed by atoms with Gasteiger partial charge in [-0.25, -0.2) is 4.79 Å². The number of imide groups is 1. The second-order valence-electron chi connectivity index (χ2n) is 5.67. The van der Waals surface area contributed by atoms with Crippen LogP contribution in [0.25, 0.3) is 0 Å². The lowest BCUT2D eigenvalue weighted by molar-refractivity contribution is -0.137. The molecule has 1 rings (SSSR count). The molecule has 0 aromatic rings.